The SMILES string of the molecule is OC(CCc1ccccc1C1CCC2(CCCNC2)CC1)c1csc(-c2cc[nH]c2)n1. The van der Waals surface area contributed by atoms with Crippen molar-refractivity contribution in [3.05, 3.63) is 64.9 Å². The molecule has 3 aromatic rings. The highest BCUT2D eigenvalue weighted by Gasteiger charge is 2.36. The first kappa shape index (κ1) is 20.9. The van der Waals surface area contributed by atoms with E-state index in [1.165, 1.54) is 62.7 Å². The summed E-state index contributed by atoms with van der Waals surface area (Å²) in [7, 11) is 0. The van der Waals surface area contributed by atoms with Gasteiger partial charge >= 0.3 is 0 Å². The van der Waals surface area contributed by atoms with Crippen LogP contribution in [0.5, 0.6) is 0 Å². The zero-order valence-electron chi connectivity index (χ0n) is 18.1. The highest BCUT2D eigenvalue weighted by molar-refractivity contribution is 7.13. The lowest BCUT2D eigenvalue weighted by Gasteiger charge is -2.43. The molecule has 4 nitrogen and oxygen atoms in total. The number of aliphatic hydroxyl groups is 1. The molecule has 1 atom stereocenters. The van der Waals surface area contributed by atoms with Crippen LogP contribution in [0.2, 0.25) is 0 Å². The first-order valence-corrected chi connectivity index (χ1v) is 12.7. The van der Waals surface area contributed by atoms with Crippen LogP contribution >= 0.6 is 11.3 Å². The van der Waals surface area contributed by atoms with Crippen LogP contribution in [-0.2, 0) is 6.42 Å². The van der Waals surface area contributed by atoms with Gasteiger partial charge in [0.2, 0.25) is 0 Å². The number of nitrogens with zero attached hydrogens (tertiary/aromatic N) is 1. The number of aryl methyl sites for hydroxylation is 1. The average molecular weight is 436 g/mol. The predicted molar refractivity (Wildman–Crippen MR) is 127 cm³/mol. The molecular weight excluding hydrogens is 402 g/mol. The summed E-state index contributed by atoms with van der Waals surface area (Å²) in [5.74, 6) is 0.667. The first-order chi connectivity index (χ1) is 15.2. The molecule has 0 radical (unpaired) electrons. The number of aromatic amines is 1. The van der Waals surface area contributed by atoms with E-state index < -0.39 is 6.10 Å². The molecule has 0 bridgehead atoms. The molecule has 3 heterocycles. The summed E-state index contributed by atoms with van der Waals surface area (Å²) in [6, 6.07) is 10.9. The van der Waals surface area contributed by atoms with Gasteiger partial charge in [0, 0.05) is 29.9 Å². The van der Waals surface area contributed by atoms with Gasteiger partial charge in [-0.15, -0.1) is 11.3 Å². The smallest absolute Gasteiger partial charge is 0.125 e. The minimum absolute atomic E-state index is 0.514. The Kier molecular flexibility index (Phi) is 6.26. The van der Waals surface area contributed by atoms with E-state index in [1.54, 1.807) is 11.3 Å². The van der Waals surface area contributed by atoms with Crippen molar-refractivity contribution >= 4 is 11.3 Å². The molecule has 1 spiro atoms. The highest BCUT2D eigenvalue weighted by Crippen LogP contribution is 2.47. The molecule has 2 aromatic heterocycles. The van der Waals surface area contributed by atoms with E-state index in [1.807, 2.05) is 23.8 Å². The highest BCUT2D eigenvalue weighted by atomic mass is 32.1. The molecule has 2 fully saturated rings. The Labute approximate surface area is 189 Å². The molecule has 2 aliphatic rings. The van der Waals surface area contributed by atoms with Gasteiger partial charge in [-0.3, -0.25) is 0 Å². The van der Waals surface area contributed by atoms with Gasteiger partial charge in [-0.2, -0.15) is 0 Å². The summed E-state index contributed by atoms with van der Waals surface area (Å²) < 4.78 is 0. The number of rotatable bonds is 6. The van der Waals surface area contributed by atoms with E-state index in [4.69, 9.17) is 0 Å². The van der Waals surface area contributed by atoms with Crippen molar-refractivity contribution in [1.29, 1.82) is 0 Å². The van der Waals surface area contributed by atoms with E-state index in [0.29, 0.717) is 17.8 Å². The lowest BCUT2D eigenvalue weighted by atomic mass is 9.65. The predicted octanol–water partition coefficient (Wildman–Crippen LogP) is 5.83. The second-order valence-electron chi connectivity index (χ2n) is 9.49. The lowest BCUT2D eigenvalue weighted by Crippen LogP contribution is -2.42. The number of thiazole rings is 1. The third-order valence-corrected chi connectivity index (χ3v) is 8.41. The van der Waals surface area contributed by atoms with Crippen LogP contribution in [0.25, 0.3) is 10.6 Å². The zero-order chi connectivity index (χ0) is 21.1. The van der Waals surface area contributed by atoms with Crippen molar-refractivity contribution in [3.63, 3.8) is 0 Å². The van der Waals surface area contributed by atoms with Crippen LogP contribution in [0, 0.1) is 5.41 Å². The number of piperidine rings is 1. The molecule has 3 N–H and O–H groups in total. The molecule has 1 aliphatic heterocycles. The van der Waals surface area contributed by atoms with E-state index in [-0.39, 0.29) is 0 Å². The number of aromatic nitrogens is 2. The maximum atomic E-state index is 10.8. The second kappa shape index (κ2) is 9.27. The summed E-state index contributed by atoms with van der Waals surface area (Å²) in [6.07, 6.45) is 13.0. The Morgan fingerprint density at radius 2 is 2.03 bits per heavy atom. The fourth-order valence-corrected chi connectivity index (χ4v) is 6.49. The molecule has 1 aliphatic carbocycles. The van der Waals surface area contributed by atoms with Crippen molar-refractivity contribution in [1.82, 2.24) is 15.3 Å². The minimum atomic E-state index is -0.514. The standard InChI is InChI=1S/C26H33N3OS/c30-24(23-17-31-25(29-23)21-10-15-27-16-21)7-6-19-4-1-2-5-22(19)20-8-12-26(13-9-20)11-3-14-28-18-26/h1-2,4-5,10,15-17,20,24,27-28,30H,3,6-9,11-14,18H2. The topological polar surface area (TPSA) is 60.9 Å². The Balaban J connectivity index is 1.22. The van der Waals surface area contributed by atoms with Crippen LogP contribution < -0.4 is 5.32 Å². The monoisotopic (exact) mass is 435 g/mol. The Bertz CT molecular complexity index is 964. The van der Waals surface area contributed by atoms with Gasteiger partial charge in [0.25, 0.3) is 0 Å². The van der Waals surface area contributed by atoms with Crippen LogP contribution in [0.3, 0.4) is 0 Å². The molecule has 1 saturated heterocycles. The van der Waals surface area contributed by atoms with Crippen LogP contribution in [-0.4, -0.2) is 28.2 Å². The van der Waals surface area contributed by atoms with Gasteiger partial charge < -0.3 is 15.4 Å². The summed E-state index contributed by atoms with van der Waals surface area (Å²) in [5.41, 5.74) is 5.35. The molecule has 1 unspecified atom stereocenters. The molecular formula is C26H33N3OS. The Morgan fingerprint density at radius 3 is 2.81 bits per heavy atom. The molecule has 31 heavy (non-hydrogen) atoms. The van der Waals surface area contributed by atoms with Crippen molar-refractivity contribution < 1.29 is 5.11 Å². The summed E-state index contributed by atoms with van der Waals surface area (Å²) >= 11 is 1.60. The van der Waals surface area contributed by atoms with Gasteiger partial charge in [0.05, 0.1) is 11.8 Å². The van der Waals surface area contributed by atoms with Gasteiger partial charge in [-0.05, 0) is 86.4 Å². The van der Waals surface area contributed by atoms with E-state index in [0.717, 1.165) is 22.7 Å². The number of aliphatic hydroxyl groups excluding tert-OH is 1. The summed E-state index contributed by atoms with van der Waals surface area (Å²) in [6.45, 7) is 2.41. The molecule has 1 aromatic carbocycles. The van der Waals surface area contributed by atoms with Crippen LogP contribution in [0.4, 0.5) is 0 Å². The van der Waals surface area contributed by atoms with Gasteiger partial charge in [0.15, 0.2) is 0 Å². The first-order valence-electron chi connectivity index (χ1n) is 11.8. The third kappa shape index (κ3) is 4.64. The normalized spacial score (nSPS) is 25.0. The van der Waals surface area contributed by atoms with E-state index in [9.17, 15) is 5.11 Å². The maximum absolute atomic E-state index is 10.8. The summed E-state index contributed by atoms with van der Waals surface area (Å²) in [5, 5.41) is 17.4. The second-order valence-corrected chi connectivity index (χ2v) is 10.3. The quantitative estimate of drug-likeness (QED) is 0.456. The molecule has 1 saturated carbocycles. The van der Waals surface area contributed by atoms with Crippen molar-refractivity contribution in [2.45, 2.75) is 63.4 Å². The van der Waals surface area contributed by atoms with Crippen molar-refractivity contribution in [2.75, 3.05) is 13.1 Å². The zero-order valence-corrected chi connectivity index (χ0v) is 19.0. The Morgan fingerprint density at radius 1 is 1.16 bits per heavy atom. The number of H-pyrrole nitrogens is 1. The fourth-order valence-electron chi connectivity index (χ4n) is 5.63. The number of nitrogens with one attached hydrogen (secondary N) is 2. The molecule has 5 rings (SSSR count). The summed E-state index contributed by atoms with van der Waals surface area (Å²) in [4.78, 5) is 7.74. The van der Waals surface area contributed by atoms with Crippen LogP contribution in [0.15, 0.2) is 48.1 Å². The fraction of sp³-hybridized carbons (Fsp3) is 0.500. The van der Waals surface area contributed by atoms with Crippen molar-refractivity contribution in [3.8, 4) is 10.6 Å². The average Bonchev–Trinajstić information content (AvgIpc) is 3.51. The maximum Gasteiger partial charge on any atom is 0.125 e. The number of benzene rings is 1. The largest absolute Gasteiger partial charge is 0.387 e. The van der Waals surface area contributed by atoms with Crippen LogP contribution in [0.1, 0.15) is 73.8 Å². The number of hydrogen-bond donors (Lipinski definition) is 3. The van der Waals surface area contributed by atoms with Gasteiger partial charge in [-0.25, -0.2) is 4.98 Å². The minimum Gasteiger partial charge on any atom is -0.387 e. The molecule has 164 valence electrons. The molecule has 0 amide bonds. The van der Waals surface area contributed by atoms with Gasteiger partial charge in [-0.1, -0.05) is 24.3 Å². The third-order valence-electron chi connectivity index (χ3n) is 7.50. The lowest BCUT2D eigenvalue weighted by molar-refractivity contribution is 0.129. The molecule has 5 heteroatoms. The van der Waals surface area contributed by atoms with Gasteiger partial charge in [0.1, 0.15) is 5.01 Å². The number of hydrogen-bond acceptors (Lipinski definition) is 4. The van der Waals surface area contributed by atoms with E-state index in [2.05, 4.69) is 39.6 Å². The van der Waals surface area contributed by atoms with Crippen molar-refractivity contribution in [2.24, 2.45) is 5.41 Å². The Hall–Kier alpha value is -1.95. The van der Waals surface area contributed by atoms with E-state index >= 15 is 0 Å².